The van der Waals surface area contributed by atoms with Crippen molar-refractivity contribution in [1.29, 1.82) is 0 Å². The topological polar surface area (TPSA) is 237 Å². The Morgan fingerprint density at radius 1 is 0.307 bits per heavy atom. The fourth-order valence-corrected chi connectivity index (χ4v) is 12.0. The van der Waals surface area contributed by atoms with Crippen LogP contribution in [0.5, 0.6) is 0 Å². The third-order valence-corrected chi connectivity index (χ3v) is 17.9. The highest BCUT2D eigenvalue weighted by atomic mass is 31.2. The molecule has 0 saturated carbocycles. The molecule has 2 unspecified atom stereocenters. The lowest BCUT2D eigenvalue weighted by Gasteiger charge is -2.21. The summed E-state index contributed by atoms with van der Waals surface area (Å²) in [5, 5.41) is 10.6. The van der Waals surface area contributed by atoms with Crippen LogP contribution in [-0.4, -0.2) is 96.7 Å². The van der Waals surface area contributed by atoms with Crippen LogP contribution in [0.4, 0.5) is 0 Å². The number of phosphoric ester groups is 2. The summed E-state index contributed by atoms with van der Waals surface area (Å²) < 4.78 is 68.1. The van der Waals surface area contributed by atoms with Gasteiger partial charge in [0.15, 0.2) is 12.2 Å². The molecule has 0 amide bonds. The number of hydrogen-bond donors (Lipinski definition) is 3. The van der Waals surface area contributed by atoms with E-state index in [9.17, 15) is 43.2 Å². The first-order valence-electron chi connectivity index (χ1n) is 36.0. The summed E-state index contributed by atoms with van der Waals surface area (Å²) in [6.45, 7) is 9.44. The lowest BCUT2D eigenvalue weighted by Crippen LogP contribution is -2.30. The Morgan fingerprint density at radius 2 is 0.523 bits per heavy atom. The first kappa shape index (κ1) is 86.1. The lowest BCUT2D eigenvalue weighted by molar-refractivity contribution is -0.161. The molecule has 0 saturated heterocycles. The van der Waals surface area contributed by atoms with Gasteiger partial charge in [0.25, 0.3) is 0 Å². The van der Waals surface area contributed by atoms with Gasteiger partial charge in [-0.3, -0.25) is 37.3 Å². The second kappa shape index (κ2) is 61.3. The molecule has 0 aliphatic rings. The monoisotopic (exact) mass is 1300 g/mol. The van der Waals surface area contributed by atoms with Crippen LogP contribution in [-0.2, 0) is 65.4 Å². The van der Waals surface area contributed by atoms with E-state index in [4.69, 9.17) is 37.0 Å². The van der Waals surface area contributed by atoms with Crippen LogP contribution < -0.4 is 0 Å². The van der Waals surface area contributed by atoms with Crippen molar-refractivity contribution in [3.8, 4) is 0 Å². The molecule has 5 atom stereocenters. The van der Waals surface area contributed by atoms with Gasteiger partial charge in [-0.2, -0.15) is 0 Å². The summed E-state index contributed by atoms with van der Waals surface area (Å²) in [5.74, 6) is -0.670. The van der Waals surface area contributed by atoms with E-state index in [2.05, 4.69) is 41.5 Å². The third-order valence-electron chi connectivity index (χ3n) is 16.0. The Labute approximate surface area is 537 Å². The maximum atomic E-state index is 13.0. The maximum absolute atomic E-state index is 13.0. The summed E-state index contributed by atoms with van der Waals surface area (Å²) in [7, 11) is -9.89. The van der Waals surface area contributed by atoms with Crippen LogP contribution in [0.1, 0.15) is 350 Å². The Balaban J connectivity index is 5.19. The van der Waals surface area contributed by atoms with Gasteiger partial charge in [-0.15, -0.1) is 0 Å². The zero-order valence-corrected chi connectivity index (χ0v) is 58.8. The van der Waals surface area contributed by atoms with Crippen LogP contribution in [0, 0.1) is 11.8 Å². The van der Waals surface area contributed by atoms with Crippen molar-refractivity contribution in [2.45, 2.75) is 368 Å². The van der Waals surface area contributed by atoms with E-state index in [-0.39, 0.29) is 25.7 Å². The fraction of sp³-hybridized carbons (Fsp3) is 0.942. The van der Waals surface area contributed by atoms with E-state index in [0.29, 0.717) is 25.7 Å². The number of aliphatic hydroxyl groups is 1. The predicted octanol–water partition coefficient (Wildman–Crippen LogP) is 19.6. The van der Waals surface area contributed by atoms with Gasteiger partial charge in [-0.1, -0.05) is 298 Å². The van der Waals surface area contributed by atoms with Crippen LogP contribution in [0.25, 0.3) is 0 Å². The minimum atomic E-state index is -4.95. The molecular formula is C69H134O17P2. The van der Waals surface area contributed by atoms with Crippen molar-refractivity contribution in [2.75, 3.05) is 39.6 Å². The maximum Gasteiger partial charge on any atom is 0.472 e. The molecule has 0 bridgehead atoms. The second-order valence-electron chi connectivity index (χ2n) is 25.9. The van der Waals surface area contributed by atoms with Crippen molar-refractivity contribution < 1.29 is 80.2 Å². The minimum Gasteiger partial charge on any atom is -0.462 e. The predicted molar refractivity (Wildman–Crippen MR) is 354 cm³/mol. The SMILES string of the molecule is CCCCCCCCCCCCCCCCCCCCC(=O)O[C@H](COC(=O)CCCCCCCCCCCC(C)C)COP(=O)(O)OC[C@@H](O)COP(=O)(O)OC[C@@H](COC(=O)CCCCCCCCC)OC(=O)CCCCCCCCCCC(C)C. The number of carbonyl (C=O) groups is 4. The van der Waals surface area contributed by atoms with Crippen molar-refractivity contribution in [3.63, 3.8) is 0 Å². The second-order valence-corrected chi connectivity index (χ2v) is 28.8. The molecule has 0 aliphatic carbocycles. The highest BCUT2D eigenvalue weighted by Crippen LogP contribution is 2.45. The molecular weight excluding hydrogens is 1160 g/mol. The molecule has 19 heteroatoms. The van der Waals surface area contributed by atoms with Gasteiger partial charge >= 0.3 is 39.5 Å². The number of hydrogen-bond acceptors (Lipinski definition) is 15. The Hall–Kier alpha value is -1.94. The highest BCUT2D eigenvalue weighted by molar-refractivity contribution is 7.47. The normalized spacial score (nSPS) is 14.2. The standard InChI is InChI=1S/C69H134O17P2/c1-7-9-11-13-15-16-17-18-19-20-21-22-23-24-27-35-41-47-53-68(73)85-65(58-80-67(72)52-46-40-34-28-25-26-32-37-43-49-61(3)4)60-84-88(77,78)82-56-63(70)55-81-87(75,76)83-59-64(57-79-66(71)51-45-39-31-14-12-10-8-2)86-69(74)54-48-42-36-30-29-33-38-44-50-62(5)6/h61-65,70H,7-60H2,1-6H3,(H,75,76)(H,77,78)/t63-,64+,65+/m0/s1. The van der Waals surface area contributed by atoms with Crippen molar-refractivity contribution in [2.24, 2.45) is 11.8 Å². The van der Waals surface area contributed by atoms with E-state index in [0.717, 1.165) is 115 Å². The van der Waals surface area contributed by atoms with Crippen molar-refractivity contribution in [3.05, 3.63) is 0 Å². The highest BCUT2D eigenvalue weighted by Gasteiger charge is 2.30. The molecule has 0 aromatic heterocycles. The summed E-state index contributed by atoms with van der Waals surface area (Å²) in [6, 6.07) is 0. The van der Waals surface area contributed by atoms with E-state index in [1.54, 1.807) is 0 Å². The van der Waals surface area contributed by atoms with Gasteiger partial charge < -0.3 is 33.8 Å². The molecule has 17 nitrogen and oxygen atoms in total. The molecule has 522 valence electrons. The summed E-state index contributed by atoms with van der Waals surface area (Å²) >= 11 is 0. The quantitative estimate of drug-likeness (QED) is 0.0222. The zero-order valence-electron chi connectivity index (χ0n) is 57.0. The smallest absolute Gasteiger partial charge is 0.462 e. The van der Waals surface area contributed by atoms with E-state index in [1.165, 1.54) is 154 Å². The average molecular weight is 1300 g/mol. The molecule has 0 rings (SSSR count). The molecule has 0 aromatic carbocycles. The van der Waals surface area contributed by atoms with Crippen molar-refractivity contribution in [1.82, 2.24) is 0 Å². The number of rotatable bonds is 68. The van der Waals surface area contributed by atoms with Crippen LogP contribution in [0.2, 0.25) is 0 Å². The lowest BCUT2D eigenvalue weighted by atomic mass is 10.0. The summed E-state index contributed by atoms with van der Waals surface area (Å²) in [4.78, 5) is 72.3. The first-order chi connectivity index (χ1) is 42.4. The third kappa shape index (κ3) is 62.8. The van der Waals surface area contributed by atoms with E-state index < -0.39 is 97.5 Å². The number of esters is 4. The Kier molecular flexibility index (Phi) is 59.9. The van der Waals surface area contributed by atoms with Gasteiger partial charge in [0.2, 0.25) is 0 Å². The molecule has 0 radical (unpaired) electrons. The molecule has 88 heavy (non-hydrogen) atoms. The Bertz CT molecular complexity index is 1720. The number of ether oxygens (including phenoxy) is 4. The fourth-order valence-electron chi connectivity index (χ4n) is 10.4. The molecule has 0 spiro atoms. The van der Waals surface area contributed by atoms with Crippen LogP contribution in [0.3, 0.4) is 0 Å². The Morgan fingerprint density at radius 3 is 0.773 bits per heavy atom. The molecule has 0 fully saturated rings. The van der Waals surface area contributed by atoms with E-state index >= 15 is 0 Å². The van der Waals surface area contributed by atoms with E-state index in [1.807, 2.05) is 0 Å². The van der Waals surface area contributed by atoms with Gasteiger partial charge in [-0.25, -0.2) is 9.13 Å². The summed E-state index contributed by atoms with van der Waals surface area (Å²) in [5.41, 5.74) is 0. The number of carbonyl (C=O) groups excluding carboxylic acids is 4. The zero-order chi connectivity index (χ0) is 65.0. The van der Waals surface area contributed by atoms with Gasteiger partial charge in [0.05, 0.1) is 26.4 Å². The largest absolute Gasteiger partial charge is 0.472 e. The van der Waals surface area contributed by atoms with Gasteiger partial charge in [0.1, 0.15) is 19.3 Å². The average Bonchev–Trinajstić information content (AvgIpc) is 3.50. The van der Waals surface area contributed by atoms with Crippen LogP contribution in [0.15, 0.2) is 0 Å². The molecule has 0 aliphatic heterocycles. The molecule has 0 aromatic rings. The summed E-state index contributed by atoms with van der Waals surface area (Å²) in [6.07, 6.45) is 46.1. The van der Waals surface area contributed by atoms with Gasteiger partial charge in [-0.05, 0) is 37.5 Å². The number of aliphatic hydroxyl groups excluding tert-OH is 1. The minimum absolute atomic E-state index is 0.104. The van der Waals surface area contributed by atoms with Crippen LogP contribution >= 0.6 is 15.6 Å². The molecule has 0 heterocycles. The number of unbranched alkanes of at least 4 members (excludes halogenated alkanes) is 38. The first-order valence-corrected chi connectivity index (χ1v) is 39.0. The van der Waals surface area contributed by atoms with Crippen molar-refractivity contribution >= 4 is 39.5 Å². The van der Waals surface area contributed by atoms with Gasteiger partial charge in [0, 0.05) is 25.7 Å². The molecule has 3 N–H and O–H groups in total. The number of phosphoric acid groups is 2.